The number of rotatable bonds is 5. The van der Waals surface area contributed by atoms with Crippen molar-refractivity contribution in [1.82, 2.24) is 0 Å². The van der Waals surface area contributed by atoms with Gasteiger partial charge in [0.15, 0.2) is 0 Å². The molecule has 0 aliphatic heterocycles. The Kier molecular flexibility index (Phi) is 7.24. The van der Waals surface area contributed by atoms with Crippen molar-refractivity contribution in [3.8, 4) is 0 Å². The summed E-state index contributed by atoms with van der Waals surface area (Å²) in [5, 5.41) is 16.3. The second-order valence-electron chi connectivity index (χ2n) is 6.54. The van der Waals surface area contributed by atoms with E-state index in [1.54, 1.807) is 12.1 Å². The summed E-state index contributed by atoms with van der Waals surface area (Å²) in [4.78, 5) is 11.4. The lowest BCUT2D eigenvalue weighted by Gasteiger charge is -2.28. The smallest absolute Gasteiger partial charge is 0.286 e. The van der Waals surface area contributed by atoms with Crippen molar-refractivity contribution in [2.75, 3.05) is 0 Å². The number of hydrogen-bond acceptors (Lipinski definition) is 2. The van der Waals surface area contributed by atoms with Gasteiger partial charge in [0, 0.05) is 6.07 Å². The first-order valence-corrected chi connectivity index (χ1v) is 12.0. The Morgan fingerprint density at radius 2 is 1.03 bits per heavy atom. The van der Waals surface area contributed by atoms with E-state index in [2.05, 4.69) is 65.1 Å². The summed E-state index contributed by atoms with van der Waals surface area (Å²) in [5.41, 5.74) is 0.148. The van der Waals surface area contributed by atoms with E-state index in [-0.39, 0.29) is 23.0 Å². The summed E-state index contributed by atoms with van der Waals surface area (Å²) >= 11 is 2.15. The number of nitro groups is 1. The molecule has 4 rings (SSSR count). The SMILES string of the molecule is O=[N+]([O-])c1cccc([P+](c2ccccc2)(c2ccccc2)c2ccccc2)c1I.[Cl-]. The third-order valence-electron chi connectivity index (χ3n) is 4.95. The number of benzene rings is 4. The van der Waals surface area contributed by atoms with Crippen LogP contribution in [-0.2, 0) is 0 Å². The molecule has 0 bridgehead atoms. The van der Waals surface area contributed by atoms with Gasteiger partial charge in [-0.25, -0.2) is 0 Å². The molecule has 0 aliphatic carbocycles. The van der Waals surface area contributed by atoms with Crippen LogP contribution in [0, 0.1) is 13.7 Å². The lowest BCUT2D eigenvalue weighted by molar-refractivity contribution is -0.385. The molecule has 0 unspecified atom stereocenters. The van der Waals surface area contributed by atoms with Gasteiger partial charge in [-0.05, 0) is 65.1 Å². The second-order valence-corrected chi connectivity index (χ2v) is 11.0. The Morgan fingerprint density at radius 1 is 0.633 bits per heavy atom. The molecule has 0 aliphatic rings. The molecule has 4 aromatic carbocycles. The Hall–Kier alpha value is -2.27. The molecule has 0 atom stereocenters. The van der Waals surface area contributed by atoms with E-state index >= 15 is 0 Å². The maximum atomic E-state index is 11.7. The zero-order valence-electron chi connectivity index (χ0n) is 15.9. The van der Waals surface area contributed by atoms with Crippen LogP contribution in [0.2, 0.25) is 0 Å². The van der Waals surface area contributed by atoms with Gasteiger partial charge in [-0.1, -0.05) is 60.7 Å². The maximum absolute atomic E-state index is 11.7. The summed E-state index contributed by atoms with van der Waals surface area (Å²) in [6.07, 6.45) is 0. The van der Waals surface area contributed by atoms with Crippen molar-refractivity contribution >= 4 is 56.8 Å². The summed E-state index contributed by atoms with van der Waals surface area (Å²) in [7, 11) is -2.32. The molecule has 0 saturated carbocycles. The standard InChI is InChI=1S/C24H18INO2P.ClH/c25-24-22(26(27)28)17-10-18-23(24)29(19-11-4-1-5-12-19,20-13-6-2-7-14-20)21-15-8-3-9-16-21;/h1-18H;1H/q+1;/p-1. The highest BCUT2D eigenvalue weighted by molar-refractivity contribution is 14.1. The van der Waals surface area contributed by atoms with Crippen LogP contribution in [0.5, 0.6) is 0 Å². The quantitative estimate of drug-likeness (QED) is 0.166. The first kappa shape index (κ1) is 22.4. The largest absolute Gasteiger partial charge is 1.00 e. The van der Waals surface area contributed by atoms with Crippen LogP contribution in [0.1, 0.15) is 0 Å². The topological polar surface area (TPSA) is 43.1 Å². The molecule has 0 saturated heterocycles. The minimum Gasteiger partial charge on any atom is -1.00 e. The number of nitro benzene ring substituents is 1. The fraction of sp³-hybridized carbons (Fsp3) is 0. The monoisotopic (exact) mass is 545 g/mol. The fourth-order valence-corrected chi connectivity index (χ4v) is 9.67. The van der Waals surface area contributed by atoms with E-state index in [4.69, 9.17) is 0 Å². The summed E-state index contributed by atoms with van der Waals surface area (Å²) in [6.45, 7) is 0. The third-order valence-corrected chi connectivity index (χ3v) is 10.8. The van der Waals surface area contributed by atoms with Gasteiger partial charge in [0.1, 0.15) is 32.1 Å². The molecule has 0 N–H and O–H groups in total. The van der Waals surface area contributed by atoms with Crippen LogP contribution < -0.4 is 33.6 Å². The first-order valence-electron chi connectivity index (χ1n) is 9.15. The molecule has 6 heteroatoms. The average Bonchev–Trinajstić information content (AvgIpc) is 2.77. The van der Waals surface area contributed by atoms with Crippen LogP contribution in [0.4, 0.5) is 5.69 Å². The number of hydrogen-bond donors (Lipinski definition) is 0. The lowest BCUT2D eigenvalue weighted by Crippen LogP contribution is -3.00. The minimum atomic E-state index is -2.32. The predicted molar refractivity (Wildman–Crippen MR) is 131 cm³/mol. The van der Waals surface area contributed by atoms with E-state index < -0.39 is 7.26 Å². The predicted octanol–water partition coefficient (Wildman–Crippen LogP) is 1.82. The highest BCUT2D eigenvalue weighted by atomic mass is 127. The van der Waals surface area contributed by atoms with Crippen molar-refractivity contribution in [1.29, 1.82) is 0 Å². The van der Waals surface area contributed by atoms with E-state index in [9.17, 15) is 10.1 Å². The van der Waals surface area contributed by atoms with Gasteiger partial charge in [-0.2, -0.15) is 0 Å². The second kappa shape index (κ2) is 9.69. The molecular formula is C24H18ClINO2P. The molecule has 150 valence electrons. The van der Waals surface area contributed by atoms with E-state index in [0.29, 0.717) is 3.57 Å². The third kappa shape index (κ3) is 3.87. The van der Waals surface area contributed by atoms with Crippen LogP contribution >= 0.6 is 29.9 Å². The van der Waals surface area contributed by atoms with Crippen molar-refractivity contribution in [2.45, 2.75) is 0 Å². The highest BCUT2D eigenvalue weighted by Crippen LogP contribution is 2.55. The van der Waals surface area contributed by atoms with Gasteiger partial charge in [0.25, 0.3) is 5.69 Å². The molecule has 3 nitrogen and oxygen atoms in total. The summed E-state index contributed by atoms with van der Waals surface area (Å²) < 4.78 is 0.694. The van der Waals surface area contributed by atoms with Crippen molar-refractivity contribution in [3.63, 3.8) is 0 Å². The fourth-order valence-electron chi connectivity index (χ4n) is 3.73. The Morgan fingerprint density at radius 3 is 1.40 bits per heavy atom. The zero-order valence-corrected chi connectivity index (χ0v) is 19.7. The van der Waals surface area contributed by atoms with Crippen LogP contribution in [-0.4, -0.2) is 4.92 Å². The number of halogens is 2. The van der Waals surface area contributed by atoms with Gasteiger partial charge >= 0.3 is 0 Å². The molecule has 0 amide bonds. The minimum absolute atomic E-state index is 0. The first-order chi connectivity index (χ1) is 14.2. The normalized spacial score (nSPS) is 10.8. The van der Waals surface area contributed by atoms with Gasteiger partial charge < -0.3 is 12.4 Å². The van der Waals surface area contributed by atoms with Gasteiger partial charge in [-0.3, -0.25) is 10.1 Å². The molecule has 4 aromatic rings. The average molecular weight is 546 g/mol. The molecule has 0 radical (unpaired) electrons. The molecule has 30 heavy (non-hydrogen) atoms. The van der Waals surface area contributed by atoms with Gasteiger partial charge in [-0.15, -0.1) is 0 Å². The molecule has 0 aromatic heterocycles. The molecule has 0 fully saturated rings. The molecule has 0 heterocycles. The van der Waals surface area contributed by atoms with Crippen LogP contribution in [0.15, 0.2) is 109 Å². The molecule has 0 spiro atoms. The highest BCUT2D eigenvalue weighted by Gasteiger charge is 2.50. The Bertz CT molecular complexity index is 1050. The van der Waals surface area contributed by atoms with E-state index in [0.717, 1.165) is 5.30 Å². The van der Waals surface area contributed by atoms with Gasteiger partial charge in [0.05, 0.1) is 4.92 Å². The lowest BCUT2D eigenvalue weighted by atomic mass is 10.3. The summed E-state index contributed by atoms with van der Waals surface area (Å²) in [6, 6.07) is 36.6. The Balaban J connectivity index is 0.00000256. The summed E-state index contributed by atoms with van der Waals surface area (Å²) in [5.74, 6) is 0. The van der Waals surface area contributed by atoms with Crippen LogP contribution in [0.25, 0.3) is 0 Å². The van der Waals surface area contributed by atoms with Crippen molar-refractivity contribution < 1.29 is 17.3 Å². The Labute approximate surface area is 196 Å². The number of nitrogens with zero attached hydrogens (tertiary/aromatic N) is 1. The van der Waals surface area contributed by atoms with Crippen molar-refractivity contribution in [2.24, 2.45) is 0 Å². The van der Waals surface area contributed by atoms with E-state index in [1.165, 1.54) is 15.9 Å². The van der Waals surface area contributed by atoms with Gasteiger partial charge in [0.2, 0.25) is 0 Å². The zero-order chi connectivity index (χ0) is 20.3. The van der Waals surface area contributed by atoms with E-state index in [1.807, 2.05) is 54.6 Å². The molecular weight excluding hydrogens is 528 g/mol. The maximum Gasteiger partial charge on any atom is 0.286 e. The van der Waals surface area contributed by atoms with Crippen molar-refractivity contribution in [3.05, 3.63) is 123 Å². The van der Waals surface area contributed by atoms with Crippen LogP contribution in [0.3, 0.4) is 0 Å².